The lowest BCUT2D eigenvalue weighted by molar-refractivity contribution is -0.119. The molecule has 0 bridgehead atoms. The Bertz CT molecular complexity index is 490. The normalized spacial score (nSPS) is 18.5. The van der Waals surface area contributed by atoms with Gasteiger partial charge >= 0.3 is 0 Å². The molecule has 0 aliphatic carbocycles. The number of benzene rings is 1. The van der Waals surface area contributed by atoms with E-state index in [0.717, 1.165) is 18.2 Å². The van der Waals surface area contributed by atoms with Gasteiger partial charge in [0.15, 0.2) is 0 Å². The summed E-state index contributed by atoms with van der Waals surface area (Å²) in [7, 11) is 0. The SMILES string of the molecule is O=C1CCC(CNC(=O)c2cc(F)ccc2O)N1. The van der Waals surface area contributed by atoms with E-state index in [9.17, 15) is 19.1 Å². The first kappa shape index (κ1) is 12.3. The van der Waals surface area contributed by atoms with Crippen molar-refractivity contribution in [3.05, 3.63) is 29.6 Å². The van der Waals surface area contributed by atoms with Gasteiger partial charge in [-0.05, 0) is 24.6 Å². The molecule has 0 aromatic heterocycles. The standard InChI is InChI=1S/C12H13FN2O3/c13-7-1-3-10(16)9(5-7)12(18)14-6-8-2-4-11(17)15-8/h1,3,5,8,16H,2,4,6H2,(H,14,18)(H,15,17). The summed E-state index contributed by atoms with van der Waals surface area (Å²) in [6, 6.07) is 3.07. The summed E-state index contributed by atoms with van der Waals surface area (Å²) in [6.07, 6.45) is 1.11. The Labute approximate surface area is 103 Å². The molecule has 5 nitrogen and oxygen atoms in total. The number of amides is 2. The smallest absolute Gasteiger partial charge is 0.255 e. The van der Waals surface area contributed by atoms with E-state index in [1.165, 1.54) is 0 Å². The maximum Gasteiger partial charge on any atom is 0.255 e. The summed E-state index contributed by atoms with van der Waals surface area (Å²) in [5, 5.41) is 14.7. The summed E-state index contributed by atoms with van der Waals surface area (Å²) in [4.78, 5) is 22.7. The van der Waals surface area contributed by atoms with Crippen LogP contribution in [-0.4, -0.2) is 29.5 Å². The van der Waals surface area contributed by atoms with Gasteiger partial charge in [0.25, 0.3) is 5.91 Å². The van der Waals surface area contributed by atoms with Gasteiger partial charge in [-0.15, -0.1) is 0 Å². The monoisotopic (exact) mass is 252 g/mol. The van der Waals surface area contributed by atoms with E-state index >= 15 is 0 Å². The highest BCUT2D eigenvalue weighted by molar-refractivity contribution is 5.96. The molecule has 1 atom stereocenters. The van der Waals surface area contributed by atoms with Crippen molar-refractivity contribution in [2.45, 2.75) is 18.9 Å². The first-order valence-corrected chi connectivity index (χ1v) is 5.62. The van der Waals surface area contributed by atoms with E-state index in [0.29, 0.717) is 12.8 Å². The topological polar surface area (TPSA) is 78.4 Å². The number of aromatic hydroxyl groups is 1. The molecule has 96 valence electrons. The van der Waals surface area contributed by atoms with Gasteiger partial charge in [0.2, 0.25) is 5.91 Å². The predicted octanol–water partition coefficient (Wildman–Crippen LogP) is 0.540. The summed E-state index contributed by atoms with van der Waals surface area (Å²) < 4.78 is 13.0. The van der Waals surface area contributed by atoms with E-state index in [1.807, 2.05) is 0 Å². The van der Waals surface area contributed by atoms with Gasteiger partial charge < -0.3 is 15.7 Å². The average Bonchev–Trinajstić information content (AvgIpc) is 2.75. The lowest BCUT2D eigenvalue weighted by atomic mass is 10.1. The molecular formula is C12H13FN2O3. The number of carbonyl (C=O) groups is 2. The fraction of sp³-hybridized carbons (Fsp3) is 0.333. The molecule has 1 heterocycles. The molecule has 2 rings (SSSR count). The van der Waals surface area contributed by atoms with Crippen LogP contribution in [0.5, 0.6) is 5.75 Å². The zero-order chi connectivity index (χ0) is 13.1. The second-order valence-corrected chi connectivity index (χ2v) is 4.17. The van der Waals surface area contributed by atoms with Gasteiger partial charge in [0, 0.05) is 19.0 Å². The Hall–Kier alpha value is -2.11. The first-order valence-electron chi connectivity index (χ1n) is 5.62. The number of hydrogen-bond donors (Lipinski definition) is 3. The zero-order valence-electron chi connectivity index (χ0n) is 9.57. The van der Waals surface area contributed by atoms with Crippen LogP contribution in [0.4, 0.5) is 4.39 Å². The summed E-state index contributed by atoms with van der Waals surface area (Å²) in [5.74, 6) is -1.47. The van der Waals surface area contributed by atoms with E-state index < -0.39 is 11.7 Å². The Kier molecular flexibility index (Phi) is 3.45. The molecule has 0 radical (unpaired) electrons. The molecule has 18 heavy (non-hydrogen) atoms. The number of phenols is 1. The molecular weight excluding hydrogens is 239 g/mol. The Balaban J connectivity index is 1.95. The number of hydrogen-bond acceptors (Lipinski definition) is 3. The van der Waals surface area contributed by atoms with Crippen LogP contribution in [0.15, 0.2) is 18.2 Å². The van der Waals surface area contributed by atoms with Crippen LogP contribution in [0.25, 0.3) is 0 Å². The van der Waals surface area contributed by atoms with Gasteiger partial charge in [-0.1, -0.05) is 0 Å². The molecule has 1 unspecified atom stereocenters. The van der Waals surface area contributed by atoms with E-state index in [1.54, 1.807) is 0 Å². The summed E-state index contributed by atoms with van der Waals surface area (Å²) >= 11 is 0. The minimum Gasteiger partial charge on any atom is -0.507 e. The van der Waals surface area contributed by atoms with E-state index in [-0.39, 0.29) is 29.8 Å². The van der Waals surface area contributed by atoms with E-state index in [4.69, 9.17) is 0 Å². The fourth-order valence-electron chi connectivity index (χ4n) is 1.83. The number of rotatable bonds is 3. The molecule has 6 heteroatoms. The van der Waals surface area contributed by atoms with Crippen molar-refractivity contribution in [1.29, 1.82) is 0 Å². The number of halogens is 1. The Morgan fingerprint density at radius 1 is 1.56 bits per heavy atom. The van der Waals surface area contributed by atoms with Gasteiger partial charge in [-0.25, -0.2) is 4.39 Å². The molecule has 1 aliphatic heterocycles. The van der Waals surface area contributed by atoms with E-state index in [2.05, 4.69) is 10.6 Å². The maximum atomic E-state index is 13.0. The minimum absolute atomic E-state index is 0.0390. The second-order valence-electron chi connectivity index (χ2n) is 4.17. The molecule has 1 fully saturated rings. The van der Waals surface area contributed by atoms with Gasteiger partial charge in [-0.3, -0.25) is 9.59 Å². The Morgan fingerprint density at radius 3 is 3.00 bits per heavy atom. The third-order valence-corrected chi connectivity index (χ3v) is 2.80. The minimum atomic E-state index is -0.591. The van der Waals surface area contributed by atoms with Gasteiger partial charge in [0.05, 0.1) is 5.56 Å². The first-order chi connectivity index (χ1) is 8.56. The quantitative estimate of drug-likeness (QED) is 0.734. The molecule has 1 aromatic rings. The highest BCUT2D eigenvalue weighted by atomic mass is 19.1. The van der Waals surface area contributed by atoms with Crippen LogP contribution in [0.1, 0.15) is 23.2 Å². The Morgan fingerprint density at radius 2 is 2.33 bits per heavy atom. The summed E-state index contributed by atoms with van der Waals surface area (Å²) in [6.45, 7) is 0.264. The van der Waals surface area contributed by atoms with Crippen LogP contribution < -0.4 is 10.6 Å². The molecule has 1 aromatic carbocycles. The largest absolute Gasteiger partial charge is 0.507 e. The van der Waals surface area contributed by atoms with Crippen molar-refractivity contribution in [1.82, 2.24) is 10.6 Å². The van der Waals surface area contributed by atoms with Crippen molar-refractivity contribution >= 4 is 11.8 Å². The molecule has 0 saturated carbocycles. The lowest BCUT2D eigenvalue weighted by Crippen LogP contribution is -2.38. The zero-order valence-corrected chi connectivity index (χ0v) is 9.57. The highest BCUT2D eigenvalue weighted by Gasteiger charge is 2.21. The van der Waals surface area contributed by atoms with Gasteiger partial charge in [0.1, 0.15) is 11.6 Å². The van der Waals surface area contributed by atoms with Crippen LogP contribution in [0.2, 0.25) is 0 Å². The highest BCUT2D eigenvalue weighted by Crippen LogP contribution is 2.17. The van der Waals surface area contributed by atoms with Crippen molar-refractivity contribution < 1.29 is 19.1 Å². The number of phenolic OH excluding ortho intramolecular Hbond substituents is 1. The molecule has 0 spiro atoms. The van der Waals surface area contributed by atoms with Crippen molar-refractivity contribution in [3.63, 3.8) is 0 Å². The molecule has 1 saturated heterocycles. The fourth-order valence-corrected chi connectivity index (χ4v) is 1.83. The summed E-state index contributed by atoms with van der Waals surface area (Å²) in [5.41, 5.74) is -0.112. The third kappa shape index (κ3) is 2.77. The number of carbonyl (C=O) groups excluding carboxylic acids is 2. The second kappa shape index (κ2) is 5.03. The molecule has 1 aliphatic rings. The van der Waals surface area contributed by atoms with Crippen molar-refractivity contribution in [3.8, 4) is 5.75 Å². The van der Waals surface area contributed by atoms with Crippen LogP contribution >= 0.6 is 0 Å². The third-order valence-electron chi connectivity index (χ3n) is 2.80. The molecule has 2 amide bonds. The maximum absolute atomic E-state index is 13.0. The van der Waals surface area contributed by atoms with Crippen molar-refractivity contribution in [2.24, 2.45) is 0 Å². The van der Waals surface area contributed by atoms with Crippen LogP contribution in [0, 0.1) is 5.82 Å². The average molecular weight is 252 g/mol. The lowest BCUT2D eigenvalue weighted by Gasteiger charge is -2.11. The van der Waals surface area contributed by atoms with Crippen LogP contribution in [0.3, 0.4) is 0 Å². The van der Waals surface area contributed by atoms with Crippen molar-refractivity contribution in [2.75, 3.05) is 6.54 Å². The predicted molar refractivity (Wildman–Crippen MR) is 61.6 cm³/mol. The van der Waals surface area contributed by atoms with Crippen LogP contribution in [-0.2, 0) is 4.79 Å². The number of nitrogens with one attached hydrogen (secondary N) is 2. The molecule has 3 N–H and O–H groups in total. The van der Waals surface area contributed by atoms with Gasteiger partial charge in [-0.2, -0.15) is 0 Å².